The molecule has 114 valence electrons. The molecule has 0 saturated heterocycles. The number of imidazole rings is 1. The maximum absolute atomic E-state index is 12.4. The normalized spacial score (nSPS) is 12.6. The molecule has 0 aliphatic carbocycles. The Kier molecular flexibility index (Phi) is 3.97. The highest BCUT2D eigenvalue weighted by molar-refractivity contribution is 5.76. The smallest absolute Gasteiger partial charge is 0.332 e. The van der Waals surface area contributed by atoms with Crippen LogP contribution in [0.3, 0.4) is 0 Å². The van der Waals surface area contributed by atoms with E-state index in [4.69, 9.17) is 0 Å². The molecule has 0 bridgehead atoms. The Morgan fingerprint density at radius 1 is 1.38 bits per heavy atom. The molecule has 0 fully saturated rings. The number of rotatable bonds is 4. The summed E-state index contributed by atoms with van der Waals surface area (Å²) in [5.41, 5.74) is -0.447. The molecule has 0 radical (unpaired) electrons. The molecule has 1 atom stereocenters. The fourth-order valence-electron chi connectivity index (χ4n) is 2.10. The van der Waals surface area contributed by atoms with E-state index in [1.165, 1.54) is 17.9 Å². The molecular formula is C13H19N5O3. The summed E-state index contributed by atoms with van der Waals surface area (Å²) in [5.74, 6) is -0.356. The molecule has 1 unspecified atom stereocenters. The predicted molar refractivity (Wildman–Crippen MR) is 78.1 cm³/mol. The molecule has 2 aromatic rings. The zero-order valence-electron chi connectivity index (χ0n) is 12.6. The van der Waals surface area contributed by atoms with E-state index in [1.807, 2.05) is 13.8 Å². The summed E-state index contributed by atoms with van der Waals surface area (Å²) in [7, 11) is 3.20. The van der Waals surface area contributed by atoms with E-state index < -0.39 is 11.2 Å². The van der Waals surface area contributed by atoms with Gasteiger partial charge in [-0.3, -0.25) is 14.2 Å². The number of aromatic nitrogens is 4. The van der Waals surface area contributed by atoms with Crippen LogP contribution in [0.25, 0.3) is 11.2 Å². The average molecular weight is 293 g/mol. The minimum atomic E-state index is -0.550. The monoisotopic (exact) mass is 293 g/mol. The second-order valence-electron chi connectivity index (χ2n) is 5.14. The third-order valence-electron chi connectivity index (χ3n) is 3.52. The van der Waals surface area contributed by atoms with Gasteiger partial charge in [0.05, 0.1) is 6.33 Å². The summed E-state index contributed by atoms with van der Waals surface area (Å²) < 4.78 is 3.75. The van der Waals surface area contributed by atoms with Gasteiger partial charge in [-0.15, -0.1) is 0 Å². The first-order valence-corrected chi connectivity index (χ1v) is 6.77. The van der Waals surface area contributed by atoms with Crippen LogP contribution >= 0.6 is 0 Å². The van der Waals surface area contributed by atoms with Crippen molar-refractivity contribution in [2.45, 2.75) is 32.9 Å². The number of amides is 1. The van der Waals surface area contributed by atoms with Crippen molar-refractivity contribution < 1.29 is 4.79 Å². The Labute approximate surface area is 121 Å². The molecule has 21 heavy (non-hydrogen) atoms. The van der Waals surface area contributed by atoms with E-state index in [0.29, 0.717) is 11.2 Å². The van der Waals surface area contributed by atoms with E-state index in [1.54, 1.807) is 11.6 Å². The molecule has 1 amide bonds. The van der Waals surface area contributed by atoms with Gasteiger partial charge < -0.3 is 9.88 Å². The zero-order valence-corrected chi connectivity index (χ0v) is 12.6. The van der Waals surface area contributed by atoms with E-state index in [0.717, 1.165) is 11.0 Å². The Bertz CT molecular complexity index is 798. The summed E-state index contributed by atoms with van der Waals surface area (Å²) in [4.78, 5) is 40.5. The minimum Gasteiger partial charge on any atom is -0.352 e. The molecule has 0 aliphatic rings. The predicted octanol–water partition coefficient (Wildman–Crippen LogP) is -0.652. The fraction of sp³-hybridized carbons (Fsp3) is 0.538. The van der Waals surface area contributed by atoms with Gasteiger partial charge in [0.25, 0.3) is 5.56 Å². The first-order chi connectivity index (χ1) is 9.86. The van der Waals surface area contributed by atoms with Gasteiger partial charge in [0.15, 0.2) is 11.2 Å². The molecular weight excluding hydrogens is 274 g/mol. The van der Waals surface area contributed by atoms with Crippen LogP contribution in [0.1, 0.15) is 20.3 Å². The first kappa shape index (κ1) is 15.0. The lowest BCUT2D eigenvalue weighted by atomic mass is 10.2. The molecule has 8 nitrogen and oxygen atoms in total. The average Bonchev–Trinajstić information content (AvgIpc) is 2.83. The van der Waals surface area contributed by atoms with E-state index in [-0.39, 0.29) is 18.5 Å². The molecule has 0 saturated carbocycles. The van der Waals surface area contributed by atoms with Crippen LogP contribution in [0.15, 0.2) is 15.9 Å². The molecule has 1 N–H and O–H groups in total. The number of aryl methyl sites for hydroxylation is 2. The van der Waals surface area contributed by atoms with Crippen LogP contribution in [0.5, 0.6) is 0 Å². The lowest BCUT2D eigenvalue weighted by Gasteiger charge is -2.12. The number of carbonyl (C=O) groups excluding carboxylic acids is 1. The highest BCUT2D eigenvalue weighted by Gasteiger charge is 2.17. The van der Waals surface area contributed by atoms with Crippen molar-refractivity contribution in [2.75, 3.05) is 0 Å². The van der Waals surface area contributed by atoms with E-state index in [2.05, 4.69) is 10.3 Å². The lowest BCUT2D eigenvalue weighted by molar-refractivity contribution is -0.122. The fourth-order valence-corrected chi connectivity index (χ4v) is 2.10. The van der Waals surface area contributed by atoms with Crippen LogP contribution in [-0.4, -0.2) is 30.6 Å². The molecule has 8 heteroatoms. The zero-order chi connectivity index (χ0) is 15.7. The number of nitrogens with zero attached hydrogens (tertiary/aromatic N) is 4. The third kappa shape index (κ3) is 2.61. The first-order valence-electron chi connectivity index (χ1n) is 6.77. The molecule has 2 aromatic heterocycles. The Hall–Kier alpha value is -2.38. The van der Waals surface area contributed by atoms with Crippen LogP contribution < -0.4 is 16.6 Å². The van der Waals surface area contributed by atoms with E-state index in [9.17, 15) is 14.4 Å². The molecule has 2 rings (SSSR count). The van der Waals surface area contributed by atoms with Gasteiger partial charge in [0, 0.05) is 20.1 Å². The van der Waals surface area contributed by atoms with Gasteiger partial charge in [0.2, 0.25) is 5.91 Å². The Morgan fingerprint density at radius 2 is 2.05 bits per heavy atom. The summed E-state index contributed by atoms with van der Waals surface area (Å²) in [5, 5.41) is 2.74. The van der Waals surface area contributed by atoms with Crippen LogP contribution in [0.2, 0.25) is 0 Å². The Balaban J connectivity index is 2.50. The van der Waals surface area contributed by atoms with Crippen molar-refractivity contribution in [3.05, 3.63) is 27.2 Å². The topological polar surface area (TPSA) is 90.9 Å². The van der Waals surface area contributed by atoms with Gasteiger partial charge in [-0.25, -0.2) is 14.3 Å². The summed E-state index contributed by atoms with van der Waals surface area (Å²) in [6.07, 6.45) is 2.24. The molecule has 0 aliphatic heterocycles. The lowest BCUT2D eigenvalue weighted by Crippen LogP contribution is -2.44. The number of hydrogen-bond acceptors (Lipinski definition) is 4. The van der Waals surface area contributed by atoms with Crippen molar-refractivity contribution >= 4 is 17.1 Å². The molecule has 0 aromatic carbocycles. The van der Waals surface area contributed by atoms with Crippen LogP contribution in [0, 0.1) is 0 Å². The number of carbonyl (C=O) groups is 1. The summed E-state index contributed by atoms with van der Waals surface area (Å²) in [6.45, 7) is 3.51. The maximum atomic E-state index is 12.4. The van der Waals surface area contributed by atoms with Crippen LogP contribution in [-0.2, 0) is 25.4 Å². The van der Waals surface area contributed by atoms with Crippen molar-refractivity contribution in [1.29, 1.82) is 0 Å². The van der Waals surface area contributed by atoms with E-state index >= 15 is 0 Å². The molecule has 0 spiro atoms. The maximum Gasteiger partial charge on any atom is 0.332 e. The van der Waals surface area contributed by atoms with Gasteiger partial charge in [0.1, 0.15) is 6.54 Å². The van der Waals surface area contributed by atoms with Crippen LogP contribution in [0.4, 0.5) is 0 Å². The van der Waals surface area contributed by atoms with Gasteiger partial charge in [-0.05, 0) is 13.3 Å². The molecule has 2 heterocycles. The number of hydrogen-bond donors (Lipinski definition) is 1. The van der Waals surface area contributed by atoms with Gasteiger partial charge >= 0.3 is 5.69 Å². The second-order valence-corrected chi connectivity index (χ2v) is 5.14. The standard InChI is InChI=1S/C13H19N5O3/c1-5-8(2)15-9(19)6-18-12(20)10-11(14-7-16(10)3)17(4)13(18)21/h7-8H,5-6H2,1-4H3,(H,15,19). The largest absolute Gasteiger partial charge is 0.352 e. The second kappa shape index (κ2) is 5.55. The highest BCUT2D eigenvalue weighted by atomic mass is 16.2. The quantitative estimate of drug-likeness (QED) is 0.811. The highest BCUT2D eigenvalue weighted by Crippen LogP contribution is 2.02. The number of nitrogens with one attached hydrogen (secondary N) is 1. The minimum absolute atomic E-state index is 0.00233. The van der Waals surface area contributed by atoms with Crippen molar-refractivity contribution in [2.24, 2.45) is 14.1 Å². The van der Waals surface area contributed by atoms with Gasteiger partial charge in [-0.1, -0.05) is 6.92 Å². The van der Waals surface area contributed by atoms with Crippen molar-refractivity contribution in [3.8, 4) is 0 Å². The summed E-state index contributed by atoms with van der Waals surface area (Å²) in [6, 6.07) is -0.00233. The van der Waals surface area contributed by atoms with Gasteiger partial charge in [-0.2, -0.15) is 0 Å². The SMILES string of the molecule is CCC(C)NC(=O)Cn1c(=O)c2c(ncn2C)n(C)c1=O. The number of fused-ring (bicyclic) bond motifs is 1. The van der Waals surface area contributed by atoms with Crippen molar-refractivity contribution in [3.63, 3.8) is 0 Å². The third-order valence-corrected chi connectivity index (χ3v) is 3.52. The summed E-state index contributed by atoms with van der Waals surface area (Å²) >= 11 is 0. The van der Waals surface area contributed by atoms with Crippen molar-refractivity contribution in [1.82, 2.24) is 24.0 Å². The Morgan fingerprint density at radius 3 is 2.67 bits per heavy atom.